The van der Waals surface area contributed by atoms with Crippen LogP contribution < -0.4 is 20.1 Å². The Labute approximate surface area is 218 Å². The maximum absolute atomic E-state index is 13.1. The molecule has 196 valence electrons. The first-order valence-electron chi connectivity index (χ1n) is 11.5. The molecular weight excluding hydrogens is 492 g/mol. The highest BCUT2D eigenvalue weighted by atomic mass is 32.2. The van der Waals surface area contributed by atoms with Gasteiger partial charge in [-0.1, -0.05) is 32.9 Å². The van der Waals surface area contributed by atoms with Gasteiger partial charge in [-0.05, 0) is 65.6 Å². The number of anilines is 3. The fraction of sp³-hybridized carbons (Fsp3) is 0.259. The van der Waals surface area contributed by atoms with Crippen LogP contribution in [0.1, 0.15) is 47.1 Å². The maximum atomic E-state index is 13.1. The number of carbonyl (C=O) groups is 2. The van der Waals surface area contributed by atoms with Crippen LogP contribution in [0.5, 0.6) is 5.75 Å². The third-order valence-corrected chi connectivity index (χ3v) is 7.06. The molecule has 9 nitrogen and oxygen atoms in total. The first-order valence-corrected chi connectivity index (χ1v) is 13.0. The maximum Gasteiger partial charge on any atom is 0.301 e. The second kappa shape index (κ2) is 11.0. The molecule has 0 aliphatic carbocycles. The largest absolute Gasteiger partial charge is 0.497 e. The van der Waals surface area contributed by atoms with E-state index in [1.165, 1.54) is 32.3 Å². The van der Waals surface area contributed by atoms with Crippen LogP contribution in [0.15, 0.2) is 66.7 Å². The third kappa shape index (κ3) is 7.08. The second-order valence-corrected chi connectivity index (χ2v) is 11.5. The predicted molar refractivity (Wildman–Crippen MR) is 147 cm³/mol. The summed E-state index contributed by atoms with van der Waals surface area (Å²) in [6, 6.07) is 18.3. The van der Waals surface area contributed by atoms with Crippen molar-refractivity contribution in [2.24, 2.45) is 0 Å². The zero-order valence-electron chi connectivity index (χ0n) is 21.7. The molecular formula is C27H32N4O5S. The van der Waals surface area contributed by atoms with E-state index in [9.17, 15) is 18.0 Å². The Morgan fingerprint density at radius 2 is 1.41 bits per heavy atom. The molecule has 0 aromatic heterocycles. The number of carbonyl (C=O) groups excluding carboxylic acids is 2. The van der Waals surface area contributed by atoms with Crippen molar-refractivity contribution in [1.82, 2.24) is 4.31 Å². The summed E-state index contributed by atoms with van der Waals surface area (Å²) in [5.41, 5.74) is 2.42. The Balaban J connectivity index is 1.93. The molecule has 0 saturated carbocycles. The molecule has 0 unspecified atom stereocenters. The van der Waals surface area contributed by atoms with Crippen LogP contribution in [0.4, 0.5) is 17.1 Å². The summed E-state index contributed by atoms with van der Waals surface area (Å²) < 4.78 is 33.2. The third-order valence-electron chi connectivity index (χ3n) is 5.60. The van der Waals surface area contributed by atoms with Gasteiger partial charge in [-0.3, -0.25) is 14.3 Å². The van der Waals surface area contributed by atoms with Crippen LogP contribution in [-0.4, -0.2) is 45.7 Å². The van der Waals surface area contributed by atoms with Crippen molar-refractivity contribution in [3.05, 3.63) is 83.4 Å². The van der Waals surface area contributed by atoms with Crippen molar-refractivity contribution >= 4 is 39.1 Å². The SMILES string of the molecule is COc1ccc(NC(=O)c2ccc(NS(=O)(=O)N(C)C)cc2NC(=O)c2ccc(C(C)(C)C)cc2)cc1. The van der Waals surface area contributed by atoms with E-state index < -0.39 is 22.0 Å². The van der Waals surface area contributed by atoms with Gasteiger partial charge >= 0.3 is 10.2 Å². The van der Waals surface area contributed by atoms with Gasteiger partial charge in [0.05, 0.1) is 24.0 Å². The van der Waals surface area contributed by atoms with Crippen molar-refractivity contribution in [3.8, 4) is 5.75 Å². The minimum Gasteiger partial charge on any atom is -0.497 e. The van der Waals surface area contributed by atoms with Crippen molar-refractivity contribution in [2.75, 3.05) is 36.6 Å². The van der Waals surface area contributed by atoms with E-state index >= 15 is 0 Å². The Hall–Kier alpha value is -3.89. The molecule has 37 heavy (non-hydrogen) atoms. The molecule has 3 N–H and O–H groups in total. The van der Waals surface area contributed by atoms with E-state index in [4.69, 9.17) is 4.74 Å². The molecule has 3 aromatic rings. The molecule has 0 fully saturated rings. The van der Waals surface area contributed by atoms with E-state index in [-0.39, 0.29) is 22.4 Å². The molecule has 0 radical (unpaired) electrons. The summed E-state index contributed by atoms with van der Waals surface area (Å²) in [5, 5.41) is 5.54. The average molecular weight is 525 g/mol. The summed E-state index contributed by atoms with van der Waals surface area (Å²) in [6.07, 6.45) is 0. The van der Waals surface area contributed by atoms with Crippen LogP contribution >= 0.6 is 0 Å². The van der Waals surface area contributed by atoms with Crippen molar-refractivity contribution in [3.63, 3.8) is 0 Å². The van der Waals surface area contributed by atoms with Crippen LogP contribution in [0, 0.1) is 0 Å². The molecule has 0 bridgehead atoms. The molecule has 0 heterocycles. The van der Waals surface area contributed by atoms with Crippen molar-refractivity contribution in [2.45, 2.75) is 26.2 Å². The van der Waals surface area contributed by atoms with Gasteiger partial charge in [-0.15, -0.1) is 0 Å². The van der Waals surface area contributed by atoms with Gasteiger partial charge < -0.3 is 15.4 Å². The van der Waals surface area contributed by atoms with Gasteiger partial charge in [0.1, 0.15) is 5.75 Å². The molecule has 10 heteroatoms. The van der Waals surface area contributed by atoms with Gasteiger partial charge in [0.2, 0.25) is 0 Å². The highest BCUT2D eigenvalue weighted by Gasteiger charge is 2.19. The first-order chi connectivity index (χ1) is 17.3. The van der Waals surface area contributed by atoms with E-state index in [1.807, 2.05) is 12.1 Å². The van der Waals surface area contributed by atoms with Gasteiger partial charge in [-0.25, -0.2) is 0 Å². The number of amides is 2. The standard InChI is InChI=1S/C27H32N4O5S/c1-27(2,3)19-9-7-18(8-10-19)25(32)29-24-17-21(30-37(34,35)31(4)5)13-16-23(24)26(33)28-20-11-14-22(36-6)15-12-20/h7-17,30H,1-6H3,(H,28,33)(H,29,32). The molecule has 3 rings (SSSR count). The molecule has 0 saturated heterocycles. The normalized spacial score (nSPS) is 11.6. The number of hydrogen-bond donors (Lipinski definition) is 3. The quantitative estimate of drug-likeness (QED) is 0.394. The Morgan fingerprint density at radius 3 is 1.95 bits per heavy atom. The van der Waals surface area contributed by atoms with Crippen LogP contribution in [0.2, 0.25) is 0 Å². The minimum absolute atomic E-state index is 0.0698. The smallest absolute Gasteiger partial charge is 0.301 e. The zero-order valence-corrected chi connectivity index (χ0v) is 22.6. The molecule has 2 amide bonds. The van der Waals surface area contributed by atoms with E-state index in [0.717, 1.165) is 9.87 Å². The number of benzene rings is 3. The predicted octanol–water partition coefficient (Wildman–Crippen LogP) is 4.72. The minimum atomic E-state index is -3.80. The fourth-order valence-electron chi connectivity index (χ4n) is 3.34. The Bertz CT molecular complexity index is 1380. The monoisotopic (exact) mass is 524 g/mol. The van der Waals surface area contributed by atoms with Crippen LogP contribution in [0.25, 0.3) is 0 Å². The van der Waals surface area contributed by atoms with Crippen molar-refractivity contribution < 1.29 is 22.7 Å². The van der Waals surface area contributed by atoms with Gasteiger partial charge in [0, 0.05) is 25.3 Å². The lowest BCUT2D eigenvalue weighted by atomic mass is 9.86. The zero-order chi connectivity index (χ0) is 27.4. The highest BCUT2D eigenvalue weighted by molar-refractivity contribution is 7.90. The van der Waals surface area contributed by atoms with Gasteiger partial charge in [0.15, 0.2) is 0 Å². The molecule has 0 aliphatic rings. The lowest BCUT2D eigenvalue weighted by Crippen LogP contribution is -2.29. The number of nitrogens with zero attached hydrogens (tertiary/aromatic N) is 1. The van der Waals surface area contributed by atoms with E-state index in [1.54, 1.807) is 43.5 Å². The van der Waals surface area contributed by atoms with Gasteiger partial charge in [0.25, 0.3) is 11.8 Å². The average Bonchev–Trinajstić information content (AvgIpc) is 2.83. The summed E-state index contributed by atoms with van der Waals surface area (Å²) in [4.78, 5) is 26.2. The molecule has 3 aromatic carbocycles. The Morgan fingerprint density at radius 1 is 0.811 bits per heavy atom. The number of hydrogen-bond acceptors (Lipinski definition) is 5. The summed E-state index contributed by atoms with van der Waals surface area (Å²) in [7, 11) is 0.533. The summed E-state index contributed by atoms with van der Waals surface area (Å²) in [6.45, 7) is 6.24. The number of ether oxygens (including phenoxy) is 1. The number of rotatable bonds is 8. The van der Waals surface area contributed by atoms with Crippen LogP contribution in [-0.2, 0) is 15.6 Å². The highest BCUT2D eigenvalue weighted by Crippen LogP contribution is 2.26. The number of methoxy groups -OCH3 is 1. The van der Waals surface area contributed by atoms with Gasteiger partial charge in [-0.2, -0.15) is 12.7 Å². The molecule has 0 atom stereocenters. The topological polar surface area (TPSA) is 117 Å². The molecule has 0 aliphatic heterocycles. The lowest BCUT2D eigenvalue weighted by molar-refractivity contribution is 0.102. The Kier molecular flexibility index (Phi) is 8.25. The lowest BCUT2D eigenvalue weighted by Gasteiger charge is -2.19. The summed E-state index contributed by atoms with van der Waals surface area (Å²) in [5.74, 6) is -0.280. The molecule has 0 spiro atoms. The first kappa shape index (κ1) is 27.7. The van der Waals surface area contributed by atoms with E-state index in [2.05, 4.69) is 36.1 Å². The number of nitrogens with one attached hydrogen (secondary N) is 3. The fourth-order valence-corrected chi connectivity index (χ4v) is 3.95. The van der Waals surface area contributed by atoms with Crippen molar-refractivity contribution in [1.29, 1.82) is 0 Å². The van der Waals surface area contributed by atoms with Crippen LogP contribution in [0.3, 0.4) is 0 Å². The van der Waals surface area contributed by atoms with E-state index in [0.29, 0.717) is 17.0 Å². The summed E-state index contributed by atoms with van der Waals surface area (Å²) >= 11 is 0. The second-order valence-electron chi connectivity index (χ2n) is 9.61.